The smallest absolute Gasteiger partial charge is 0.229 e. The van der Waals surface area contributed by atoms with E-state index in [1.807, 2.05) is 28.9 Å². The van der Waals surface area contributed by atoms with Crippen molar-refractivity contribution < 1.29 is 9.53 Å². The van der Waals surface area contributed by atoms with Gasteiger partial charge in [0, 0.05) is 39.1 Å². The van der Waals surface area contributed by atoms with Gasteiger partial charge in [-0.1, -0.05) is 24.3 Å². The van der Waals surface area contributed by atoms with Crippen molar-refractivity contribution in [1.82, 2.24) is 19.6 Å². The molecule has 0 spiro atoms. The fourth-order valence-electron chi connectivity index (χ4n) is 3.79. The first-order valence-corrected chi connectivity index (χ1v) is 8.81. The minimum Gasteiger partial charge on any atom is -0.378 e. The Morgan fingerprint density at radius 2 is 1.92 bits per heavy atom. The molecule has 2 aromatic rings. The summed E-state index contributed by atoms with van der Waals surface area (Å²) in [5, 5.41) is 4.32. The highest BCUT2D eigenvalue weighted by atomic mass is 16.5. The van der Waals surface area contributed by atoms with E-state index in [9.17, 15) is 4.79 Å². The Morgan fingerprint density at radius 3 is 2.68 bits per heavy atom. The summed E-state index contributed by atoms with van der Waals surface area (Å²) in [6.07, 6.45) is 3.79. The van der Waals surface area contributed by atoms with Crippen molar-refractivity contribution in [2.45, 2.75) is 19.1 Å². The van der Waals surface area contributed by atoms with E-state index in [0.29, 0.717) is 13.2 Å². The van der Waals surface area contributed by atoms with Crippen LogP contribution in [0.1, 0.15) is 11.1 Å². The van der Waals surface area contributed by atoms with E-state index in [0.717, 1.165) is 26.2 Å². The number of benzene rings is 1. The molecule has 0 radical (unpaired) electrons. The van der Waals surface area contributed by atoms with Crippen LogP contribution in [-0.2, 0) is 22.6 Å². The number of carbonyl (C=O) groups is 1. The topological polar surface area (TPSA) is 50.6 Å². The van der Waals surface area contributed by atoms with Gasteiger partial charge in [-0.3, -0.25) is 14.4 Å². The number of hydrogen-bond donors (Lipinski definition) is 0. The van der Waals surface area contributed by atoms with Gasteiger partial charge in [0.05, 0.1) is 31.7 Å². The molecule has 2 atom stereocenters. The lowest BCUT2D eigenvalue weighted by molar-refractivity contribution is -0.133. The van der Waals surface area contributed by atoms with Crippen LogP contribution in [0.4, 0.5) is 0 Å². The van der Waals surface area contributed by atoms with Gasteiger partial charge in [0.1, 0.15) is 0 Å². The Balaban J connectivity index is 1.53. The summed E-state index contributed by atoms with van der Waals surface area (Å²) in [5.41, 5.74) is 2.57. The van der Waals surface area contributed by atoms with Crippen LogP contribution in [0.5, 0.6) is 0 Å². The summed E-state index contributed by atoms with van der Waals surface area (Å²) >= 11 is 0. The lowest BCUT2D eigenvalue weighted by atomic mass is 10.1. The predicted octanol–water partition coefficient (Wildman–Crippen LogP) is 1.22. The molecule has 0 unspecified atom stereocenters. The van der Waals surface area contributed by atoms with Crippen LogP contribution in [0.3, 0.4) is 0 Å². The van der Waals surface area contributed by atoms with Crippen molar-refractivity contribution >= 4 is 5.91 Å². The summed E-state index contributed by atoms with van der Waals surface area (Å²) in [6, 6.07) is 10.6. The molecule has 0 aliphatic carbocycles. The third-order valence-corrected chi connectivity index (χ3v) is 5.23. The second-order valence-electron chi connectivity index (χ2n) is 7.00. The summed E-state index contributed by atoms with van der Waals surface area (Å²) in [7, 11) is 1.91. The molecule has 25 heavy (non-hydrogen) atoms. The highest BCUT2D eigenvalue weighted by Gasteiger charge is 2.37. The fourth-order valence-corrected chi connectivity index (χ4v) is 3.79. The van der Waals surface area contributed by atoms with Gasteiger partial charge in [-0.15, -0.1) is 0 Å². The largest absolute Gasteiger partial charge is 0.378 e. The Hall–Kier alpha value is -2.18. The molecule has 1 aromatic heterocycles. The molecule has 1 amide bonds. The molecule has 2 saturated heterocycles. The Labute approximate surface area is 148 Å². The van der Waals surface area contributed by atoms with Crippen LogP contribution in [0.2, 0.25) is 0 Å². The Bertz CT molecular complexity index is 731. The zero-order chi connectivity index (χ0) is 17.2. The number of likely N-dealkylation sites (N-methyl/N-ethyl adjacent to an activating group) is 1. The maximum Gasteiger partial charge on any atom is 0.229 e. The van der Waals surface area contributed by atoms with E-state index in [4.69, 9.17) is 4.74 Å². The third-order valence-electron chi connectivity index (χ3n) is 5.23. The van der Waals surface area contributed by atoms with Gasteiger partial charge in [0.25, 0.3) is 0 Å². The number of aromatic nitrogens is 2. The van der Waals surface area contributed by atoms with Gasteiger partial charge < -0.3 is 9.64 Å². The van der Waals surface area contributed by atoms with Crippen LogP contribution in [0.15, 0.2) is 42.7 Å². The molecule has 132 valence electrons. The maximum atomic E-state index is 12.5. The van der Waals surface area contributed by atoms with Gasteiger partial charge in [-0.05, 0) is 17.2 Å². The highest BCUT2D eigenvalue weighted by Crippen LogP contribution is 2.22. The average Bonchev–Trinajstić information content (AvgIpc) is 3.03. The molecule has 0 N–H and O–H groups in total. The summed E-state index contributed by atoms with van der Waals surface area (Å²) < 4.78 is 7.64. The summed E-state index contributed by atoms with van der Waals surface area (Å²) in [6.45, 7) is 4.40. The van der Waals surface area contributed by atoms with Gasteiger partial charge in [0.15, 0.2) is 0 Å². The van der Waals surface area contributed by atoms with Crippen LogP contribution >= 0.6 is 0 Å². The van der Waals surface area contributed by atoms with E-state index in [1.54, 1.807) is 6.20 Å². The van der Waals surface area contributed by atoms with Gasteiger partial charge >= 0.3 is 0 Å². The molecule has 6 nitrogen and oxygen atoms in total. The minimum absolute atomic E-state index is 0.0595. The highest BCUT2D eigenvalue weighted by molar-refractivity contribution is 5.79. The van der Waals surface area contributed by atoms with Crippen molar-refractivity contribution in [3.8, 4) is 0 Å². The number of fused-ring (bicyclic) bond motifs is 3. The Morgan fingerprint density at radius 1 is 1.12 bits per heavy atom. The first-order valence-electron chi connectivity index (χ1n) is 8.81. The number of carbonyl (C=O) groups excluding carboxylic acids is 1. The van der Waals surface area contributed by atoms with E-state index < -0.39 is 0 Å². The van der Waals surface area contributed by atoms with Crippen LogP contribution in [-0.4, -0.2) is 64.9 Å². The quantitative estimate of drug-likeness (QED) is 0.840. The Kier molecular flexibility index (Phi) is 4.55. The molecule has 2 bridgehead atoms. The van der Waals surface area contributed by atoms with Crippen molar-refractivity contribution in [3.63, 3.8) is 0 Å². The third kappa shape index (κ3) is 3.45. The van der Waals surface area contributed by atoms with Gasteiger partial charge in [-0.25, -0.2) is 0 Å². The normalized spacial score (nSPS) is 24.4. The molecular weight excluding hydrogens is 316 g/mol. The van der Waals surface area contributed by atoms with E-state index >= 15 is 0 Å². The molecule has 2 aliphatic heterocycles. The van der Waals surface area contributed by atoms with Gasteiger partial charge in [0.2, 0.25) is 5.91 Å². The van der Waals surface area contributed by atoms with Crippen LogP contribution < -0.4 is 0 Å². The monoisotopic (exact) mass is 340 g/mol. The molecule has 0 saturated carbocycles. The van der Waals surface area contributed by atoms with Crippen molar-refractivity contribution in [2.24, 2.45) is 5.92 Å². The first-order chi connectivity index (χ1) is 12.2. The average molecular weight is 340 g/mol. The molecule has 6 heteroatoms. The van der Waals surface area contributed by atoms with Crippen molar-refractivity contribution in [2.75, 3.05) is 33.4 Å². The SMILES string of the molecule is CN1C(=O)[C@H]2COC[C@@H]1CN(Cc1ccccc1Cn1cccn1)C2. The van der Waals surface area contributed by atoms with E-state index in [1.165, 1.54) is 11.1 Å². The molecule has 2 aliphatic rings. The molecule has 4 rings (SSSR count). The van der Waals surface area contributed by atoms with E-state index in [-0.39, 0.29) is 17.9 Å². The number of ether oxygens (including phenoxy) is 1. The zero-order valence-corrected chi connectivity index (χ0v) is 14.5. The second kappa shape index (κ2) is 6.98. The molecule has 3 heterocycles. The summed E-state index contributed by atoms with van der Waals surface area (Å²) in [4.78, 5) is 16.8. The lowest BCUT2D eigenvalue weighted by Gasteiger charge is -2.29. The van der Waals surface area contributed by atoms with Gasteiger partial charge in [-0.2, -0.15) is 5.10 Å². The standard InChI is InChI=1S/C19H24N4O2/c1-21-18-12-22(10-17(19(21)24)13-25-14-18)9-15-5-2-3-6-16(15)11-23-8-4-7-20-23/h2-8,17-18H,9-14H2,1H3/t17-,18+/m1/s1. The maximum absolute atomic E-state index is 12.5. The van der Waals surface area contributed by atoms with Crippen LogP contribution in [0.25, 0.3) is 0 Å². The van der Waals surface area contributed by atoms with Crippen LogP contribution in [0, 0.1) is 5.92 Å². The first kappa shape index (κ1) is 16.3. The number of nitrogens with zero attached hydrogens (tertiary/aromatic N) is 4. The summed E-state index contributed by atoms with van der Waals surface area (Å²) in [5.74, 6) is 0.158. The molecular formula is C19H24N4O2. The fraction of sp³-hybridized carbons (Fsp3) is 0.474. The minimum atomic E-state index is -0.0595. The molecule has 2 fully saturated rings. The number of rotatable bonds is 4. The number of amides is 1. The van der Waals surface area contributed by atoms with Crippen molar-refractivity contribution in [1.29, 1.82) is 0 Å². The second-order valence-corrected chi connectivity index (χ2v) is 7.00. The lowest BCUT2D eigenvalue weighted by Crippen LogP contribution is -2.43. The van der Waals surface area contributed by atoms with Crippen molar-refractivity contribution in [3.05, 3.63) is 53.9 Å². The number of hydrogen-bond acceptors (Lipinski definition) is 4. The van der Waals surface area contributed by atoms with E-state index in [2.05, 4.69) is 34.3 Å². The predicted molar refractivity (Wildman–Crippen MR) is 93.9 cm³/mol. The molecule has 1 aromatic carbocycles. The zero-order valence-electron chi connectivity index (χ0n) is 14.5.